The minimum Gasteiger partial charge on any atom is -0.497 e. The highest BCUT2D eigenvalue weighted by Gasteiger charge is 2.37. The summed E-state index contributed by atoms with van der Waals surface area (Å²) >= 11 is 0. The number of hydrogen-bond donors (Lipinski definition) is 2. The molecule has 8 nitrogen and oxygen atoms in total. The molecule has 0 aromatic heterocycles. The molecule has 1 aliphatic carbocycles. The molecule has 0 saturated heterocycles. The Kier molecular flexibility index (Phi) is 9.36. The van der Waals surface area contributed by atoms with Crippen molar-refractivity contribution in [2.75, 3.05) is 12.1 Å². The Morgan fingerprint density at radius 3 is 2.38 bits per heavy atom. The highest BCUT2D eigenvalue weighted by molar-refractivity contribution is 6.00. The highest BCUT2D eigenvalue weighted by atomic mass is 16.6. The Bertz CT molecular complexity index is 864. The molecule has 0 heterocycles. The molecule has 34 heavy (non-hydrogen) atoms. The third-order valence-electron chi connectivity index (χ3n) is 6.22. The molecule has 0 radical (unpaired) electrons. The molecule has 1 aromatic carbocycles. The van der Waals surface area contributed by atoms with Gasteiger partial charge in [0.25, 0.3) is 5.91 Å². The maximum atomic E-state index is 13.5. The second-order valence-corrected chi connectivity index (χ2v) is 10.7. The van der Waals surface area contributed by atoms with Gasteiger partial charge in [0.05, 0.1) is 12.8 Å². The molecule has 3 amide bonds. The average Bonchev–Trinajstić information content (AvgIpc) is 2.75. The van der Waals surface area contributed by atoms with Crippen molar-refractivity contribution in [3.05, 3.63) is 24.3 Å². The quantitative estimate of drug-likeness (QED) is 0.582. The Hall–Kier alpha value is -2.77. The van der Waals surface area contributed by atoms with E-state index in [4.69, 9.17) is 9.47 Å². The van der Waals surface area contributed by atoms with Crippen LogP contribution in [0.2, 0.25) is 0 Å². The highest BCUT2D eigenvalue weighted by Crippen LogP contribution is 2.38. The second kappa shape index (κ2) is 11.6. The molecule has 4 unspecified atom stereocenters. The number of nitrogens with one attached hydrogen (secondary N) is 2. The molecule has 2 rings (SSSR count). The fourth-order valence-electron chi connectivity index (χ4n) is 4.43. The number of ether oxygens (including phenoxy) is 2. The Morgan fingerprint density at radius 2 is 1.79 bits per heavy atom. The third-order valence-corrected chi connectivity index (χ3v) is 6.22. The minimum atomic E-state index is -0.937. The smallest absolute Gasteiger partial charge is 0.408 e. The number of amides is 3. The lowest BCUT2D eigenvalue weighted by Crippen LogP contribution is -2.56. The molecular weight excluding hydrogens is 434 g/mol. The normalized spacial score (nSPS) is 21.4. The molecule has 1 aliphatic rings. The van der Waals surface area contributed by atoms with Crippen LogP contribution in [-0.2, 0) is 14.3 Å². The van der Waals surface area contributed by atoms with E-state index >= 15 is 0 Å². The third kappa shape index (κ3) is 7.64. The van der Waals surface area contributed by atoms with Crippen LogP contribution in [0.15, 0.2) is 24.3 Å². The van der Waals surface area contributed by atoms with E-state index in [1.54, 1.807) is 52.0 Å². The molecular formula is C26H41N3O5. The first-order valence-electron chi connectivity index (χ1n) is 12.1. The van der Waals surface area contributed by atoms with Gasteiger partial charge in [0.2, 0.25) is 5.91 Å². The van der Waals surface area contributed by atoms with Gasteiger partial charge in [0, 0.05) is 12.0 Å². The molecule has 8 heteroatoms. The van der Waals surface area contributed by atoms with Crippen molar-refractivity contribution in [3.63, 3.8) is 0 Å². The topological polar surface area (TPSA) is 97.0 Å². The summed E-state index contributed by atoms with van der Waals surface area (Å²) in [4.78, 5) is 39.2. The summed E-state index contributed by atoms with van der Waals surface area (Å²) in [5.41, 5.74) is 2.61. The van der Waals surface area contributed by atoms with E-state index < -0.39 is 23.6 Å². The minimum absolute atomic E-state index is 0.189. The zero-order valence-corrected chi connectivity index (χ0v) is 21.8. The average molecular weight is 476 g/mol. The number of hydrogen-bond acceptors (Lipinski definition) is 5. The van der Waals surface area contributed by atoms with Gasteiger partial charge in [-0.25, -0.2) is 9.80 Å². The summed E-state index contributed by atoms with van der Waals surface area (Å²) in [6.07, 6.45) is 2.16. The first kappa shape index (κ1) is 27.5. The van der Waals surface area contributed by atoms with Crippen LogP contribution >= 0.6 is 0 Å². The lowest BCUT2D eigenvalue weighted by molar-refractivity contribution is -0.132. The van der Waals surface area contributed by atoms with Crippen LogP contribution in [0, 0.1) is 23.7 Å². The van der Waals surface area contributed by atoms with Crippen LogP contribution in [-0.4, -0.2) is 36.7 Å². The van der Waals surface area contributed by atoms with Crippen molar-refractivity contribution in [1.82, 2.24) is 10.7 Å². The van der Waals surface area contributed by atoms with Gasteiger partial charge in [0.15, 0.2) is 0 Å². The predicted octanol–water partition coefficient (Wildman–Crippen LogP) is 4.68. The summed E-state index contributed by atoms with van der Waals surface area (Å²) < 4.78 is 10.6. The van der Waals surface area contributed by atoms with Gasteiger partial charge >= 0.3 is 6.09 Å². The number of nitrogens with zero attached hydrogens (tertiary/aromatic N) is 1. The molecule has 2 N–H and O–H groups in total. The van der Waals surface area contributed by atoms with Crippen LogP contribution in [0.1, 0.15) is 67.7 Å². The number of alkyl carbamates (subject to hydrolysis) is 1. The fourth-order valence-corrected chi connectivity index (χ4v) is 4.43. The van der Waals surface area contributed by atoms with E-state index in [2.05, 4.69) is 31.5 Å². The molecule has 0 aliphatic heterocycles. The van der Waals surface area contributed by atoms with Gasteiger partial charge in [-0.15, -0.1) is 0 Å². The number of methoxy groups -OCH3 is 1. The van der Waals surface area contributed by atoms with E-state index in [1.165, 1.54) is 12.1 Å². The predicted molar refractivity (Wildman–Crippen MR) is 132 cm³/mol. The van der Waals surface area contributed by atoms with E-state index in [0.29, 0.717) is 23.3 Å². The Balaban J connectivity index is 2.29. The van der Waals surface area contributed by atoms with E-state index in [0.717, 1.165) is 19.3 Å². The van der Waals surface area contributed by atoms with E-state index in [-0.39, 0.29) is 17.7 Å². The zero-order valence-electron chi connectivity index (χ0n) is 21.8. The van der Waals surface area contributed by atoms with Crippen LogP contribution in [0.25, 0.3) is 0 Å². The van der Waals surface area contributed by atoms with Crippen LogP contribution < -0.4 is 20.5 Å². The van der Waals surface area contributed by atoms with Gasteiger partial charge in [-0.05, 0) is 70.4 Å². The summed E-state index contributed by atoms with van der Waals surface area (Å²) in [5.74, 6) is 0.720. The zero-order chi connectivity index (χ0) is 25.6. The van der Waals surface area contributed by atoms with Crippen LogP contribution in [0.4, 0.5) is 10.5 Å². The molecule has 1 aromatic rings. The van der Waals surface area contributed by atoms with Gasteiger partial charge in [-0.2, -0.15) is 0 Å². The summed E-state index contributed by atoms with van der Waals surface area (Å²) in [6.45, 7) is 13.2. The van der Waals surface area contributed by atoms with E-state index in [9.17, 15) is 14.4 Å². The number of rotatable bonds is 6. The lowest BCUT2D eigenvalue weighted by Gasteiger charge is -2.37. The van der Waals surface area contributed by atoms with Gasteiger partial charge in [-0.1, -0.05) is 33.3 Å². The molecule has 190 valence electrons. The fraction of sp³-hybridized carbons (Fsp3) is 0.654. The van der Waals surface area contributed by atoms with Crippen molar-refractivity contribution < 1.29 is 23.9 Å². The second-order valence-electron chi connectivity index (χ2n) is 10.7. The van der Waals surface area contributed by atoms with Gasteiger partial charge < -0.3 is 14.8 Å². The number of carbonyl (C=O) groups is 3. The molecule has 4 atom stereocenters. The van der Waals surface area contributed by atoms with E-state index in [1.807, 2.05) is 0 Å². The SMILES string of the molecule is COc1cccc(N(NC(=O)C2CC(C)CCC2C(C)C)C(=O)C(C)NC(=O)OC(C)(C)C)c1. The maximum Gasteiger partial charge on any atom is 0.408 e. The van der Waals surface area contributed by atoms with Crippen molar-refractivity contribution in [2.24, 2.45) is 23.7 Å². The number of carbonyl (C=O) groups excluding carboxylic acids is 3. The van der Waals surface area contributed by atoms with Crippen LogP contribution in [0.5, 0.6) is 5.75 Å². The Labute approximate surface area is 203 Å². The standard InChI is InChI=1S/C26H41N3O5/c1-16(2)21-13-12-17(3)14-22(21)23(30)28-29(19-10-9-11-20(15-19)33-8)24(31)18(4)27-25(32)34-26(5,6)7/h9-11,15-18,21-22H,12-14H2,1-8H3,(H,27,32)(H,28,30). The Morgan fingerprint density at radius 1 is 1.12 bits per heavy atom. The largest absolute Gasteiger partial charge is 0.497 e. The van der Waals surface area contributed by atoms with Crippen molar-refractivity contribution in [3.8, 4) is 5.75 Å². The summed E-state index contributed by atoms with van der Waals surface area (Å²) in [5, 5.41) is 3.78. The molecule has 1 fully saturated rings. The molecule has 0 spiro atoms. The first-order valence-corrected chi connectivity index (χ1v) is 12.1. The maximum absolute atomic E-state index is 13.5. The van der Waals surface area contributed by atoms with Crippen molar-refractivity contribution >= 4 is 23.6 Å². The monoisotopic (exact) mass is 475 g/mol. The number of anilines is 1. The van der Waals surface area contributed by atoms with Crippen LogP contribution in [0.3, 0.4) is 0 Å². The molecule has 1 saturated carbocycles. The lowest BCUT2D eigenvalue weighted by atomic mass is 9.70. The number of hydrazine groups is 1. The first-order chi connectivity index (χ1) is 15.8. The van der Waals surface area contributed by atoms with Crippen molar-refractivity contribution in [1.29, 1.82) is 0 Å². The summed E-state index contributed by atoms with van der Waals surface area (Å²) in [7, 11) is 1.53. The summed E-state index contributed by atoms with van der Waals surface area (Å²) in [6, 6.07) is 5.94. The molecule has 0 bridgehead atoms. The van der Waals surface area contributed by atoms with Gasteiger partial charge in [-0.3, -0.25) is 15.0 Å². The van der Waals surface area contributed by atoms with Gasteiger partial charge in [0.1, 0.15) is 17.4 Å². The number of benzene rings is 1. The van der Waals surface area contributed by atoms with Crippen molar-refractivity contribution in [2.45, 2.75) is 79.4 Å².